The van der Waals surface area contributed by atoms with Gasteiger partial charge in [0.1, 0.15) is 0 Å². The van der Waals surface area contributed by atoms with Gasteiger partial charge in [-0.1, -0.05) is 12.1 Å². The zero-order chi connectivity index (χ0) is 23.2. The lowest BCUT2D eigenvalue weighted by Crippen LogP contribution is -2.52. The van der Waals surface area contributed by atoms with Crippen molar-refractivity contribution in [2.75, 3.05) is 50.5 Å². The monoisotopic (exact) mass is 468 g/mol. The molecule has 3 heterocycles. The highest BCUT2D eigenvalue weighted by Gasteiger charge is 2.34. The Bertz CT molecular complexity index is 1010. The second kappa shape index (κ2) is 10.7. The van der Waals surface area contributed by atoms with E-state index in [1.807, 2.05) is 30.5 Å². The van der Waals surface area contributed by atoms with Gasteiger partial charge in [0.25, 0.3) is 0 Å². The van der Waals surface area contributed by atoms with Crippen LogP contribution in [0.1, 0.15) is 18.5 Å². The minimum absolute atomic E-state index is 0.261. The number of thioether (sulfide) groups is 1. The summed E-state index contributed by atoms with van der Waals surface area (Å²) in [5.74, 6) is 0.294. The highest BCUT2D eigenvalue weighted by Crippen LogP contribution is 2.29. The van der Waals surface area contributed by atoms with Crippen LogP contribution in [-0.2, 0) is 9.53 Å². The number of hydrogen-bond donors (Lipinski definition) is 2. The molecule has 0 saturated carbocycles. The number of urea groups is 1. The van der Waals surface area contributed by atoms with E-state index < -0.39 is 12.0 Å². The summed E-state index contributed by atoms with van der Waals surface area (Å²) in [6, 6.07) is 8.77. The third kappa shape index (κ3) is 5.45. The average molecular weight is 469 g/mol. The molecule has 33 heavy (non-hydrogen) atoms. The number of carbonyl (C=O) groups excluding carboxylic acids is 2. The molecule has 2 aliphatic rings. The lowest BCUT2D eigenvalue weighted by atomic mass is 9.95. The molecule has 2 N–H and O–H groups in total. The smallest absolute Gasteiger partial charge is 0.338 e. The first-order valence-corrected chi connectivity index (χ1v) is 12.2. The maximum absolute atomic E-state index is 13.0. The summed E-state index contributed by atoms with van der Waals surface area (Å²) in [5.41, 5.74) is 1.87. The predicted octanol–water partition coefficient (Wildman–Crippen LogP) is 2.19. The number of ether oxygens (including phenoxy) is 1. The molecular formula is C23H28N6O3S. The number of benzene rings is 1. The Balaban J connectivity index is 1.56. The van der Waals surface area contributed by atoms with Crippen molar-refractivity contribution in [3.63, 3.8) is 0 Å². The Morgan fingerprint density at radius 3 is 2.48 bits per heavy atom. The van der Waals surface area contributed by atoms with E-state index in [2.05, 4.69) is 30.4 Å². The molecule has 4 rings (SSSR count). The van der Waals surface area contributed by atoms with Crippen molar-refractivity contribution in [3.05, 3.63) is 59.6 Å². The minimum Gasteiger partial charge on any atom is -0.463 e. The van der Waals surface area contributed by atoms with Gasteiger partial charge in [-0.2, -0.15) is 0 Å². The molecule has 1 fully saturated rings. The van der Waals surface area contributed by atoms with Crippen LogP contribution in [-0.4, -0.2) is 72.5 Å². The van der Waals surface area contributed by atoms with Crippen molar-refractivity contribution in [1.29, 1.82) is 0 Å². The summed E-state index contributed by atoms with van der Waals surface area (Å²) in [6.45, 7) is 5.53. The van der Waals surface area contributed by atoms with Crippen molar-refractivity contribution < 1.29 is 14.3 Å². The van der Waals surface area contributed by atoms with Crippen molar-refractivity contribution in [1.82, 2.24) is 25.5 Å². The highest BCUT2D eigenvalue weighted by molar-refractivity contribution is 7.98. The fourth-order valence-electron chi connectivity index (χ4n) is 4.02. The molecule has 174 valence electrons. The topological polar surface area (TPSA) is 99.7 Å². The number of hydrogen-bond acceptors (Lipinski definition) is 8. The van der Waals surface area contributed by atoms with Gasteiger partial charge in [0.2, 0.25) is 5.95 Å². The first-order valence-electron chi connectivity index (χ1n) is 10.9. The SMILES string of the molecule is CCOC(=O)C1=C(CN2CCN(c3ncccn3)CC2)NC(=O)NC1c1ccc(SC)cc1. The van der Waals surface area contributed by atoms with E-state index in [0.717, 1.165) is 36.6 Å². The molecule has 2 aromatic rings. The van der Waals surface area contributed by atoms with Gasteiger partial charge in [-0.05, 0) is 36.9 Å². The van der Waals surface area contributed by atoms with Crippen LogP contribution in [0.5, 0.6) is 0 Å². The quantitative estimate of drug-likeness (QED) is 0.471. The molecular weight excluding hydrogens is 440 g/mol. The van der Waals surface area contributed by atoms with Gasteiger partial charge < -0.3 is 20.3 Å². The molecule has 1 aromatic heterocycles. The van der Waals surface area contributed by atoms with Crippen LogP contribution in [0, 0.1) is 0 Å². The maximum atomic E-state index is 13.0. The van der Waals surface area contributed by atoms with Crippen LogP contribution in [0.2, 0.25) is 0 Å². The third-order valence-corrected chi connectivity index (χ3v) is 6.43. The van der Waals surface area contributed by atoms with Crippen LogP contribution < -0.4 is 15.5 Å². The fraction of sp³-hybridized carbons (Fsp3) is 0.391. The maximum Gasteiger partial charge on any atom is 0.338 e. The van der Waals surface area contributed by atoms with Gasteiger partial charge in [-0.15, -0.1) is 11.8 Å². The summed E-state index contributed by atoms with van der Waals surface area (Å²) in [4.78, 5) is 39.6. The molecule has 0 bridgehead atoms. The molecule has 0 aliphatic carbocycles. The first kappa shape index (κ1) is 23.1. The van der Waals surface area contributed by atoms with E-state index >= 15 is 0 Å². The number of carbonyl (C=O) groups is 2. The summed E-state index contributed by atoms with van der Waals surface area (Å²) in [5, 5.41) is 5.76. The van der Waals surface area contributed by atoms with E-state index in [1.165, 1.54) is 0 Å². The second-order valence-corrected chi connectivity index (χ2v) is 8.61. The first-order chi connectivity index (χ1) is 16.1. The Hall–Kier alpha value is -3.11. The fourth-order valence-corrected chi connectivity index (χ4v) is 4.43. The lowest BCUT2D eigenvalue weighted by Gasteiger charge is -2.37. The number of rotatable bonds is 7. The number of piperazine rings is 1. The largest absolute Gasteiger partial charge is 0.463 e. The number of anilines is 1. The second-order valence-electron chi connectivity index (χ2n) is 7.73. The van der Waals surface area contributed by atoms with Crippen LogP contribution in [0.4, 0.5) is 10.7 Å². The summed E-state index contributed by atoms with van der Waals surface area (Å²) in [7, 11) is 0. The van der Waals surface area contributed by atoms with Gasteiger partial charge in [-0.3, -0.25) is 4.90 Å². The van der Waals surface area contributed by atoms with Crippen LogP contribution in [0.25, 0.3) is 0 Å². The average Bonchev–Trinajstić information content (AvgIpc) is 2.85. The molecule has 0 spiro atoms. The number of amides is 2. The molecule has 1 aromatic carbocycles. The Kier molecular flexibility index (Phi) is 7.46. The minimum atomic E-state index is -0.567. The van der Waals surface area contributed by atoms with Gasteiger partial charge in [-0.25, -0.2) is 19.6 Å². The van der Waals surface area contributed by atoms with Crippen molar-refractivity contribution in [2.45, 2.75) is 17.9 Å². The zero-order valence-electron chi connectivity index (χ0n) is 18.8. The third-order valence-electron chi connectivity index (χ3n) is 5.69. The summed E-state index contributed by atoms with van der Waals surface area (Å²) in [6.07, 6.45) is 5.48. The van der Waals surface area contributed by atoms with Crippen molar-refractivity contribution >= 4 is 29.7 Å². The summed E-state index contributed by atoms with van der Waals surface area (Å²) < 4.78 is 5.37. The molecule has 0 radical (unpaired) electrons. The van der Waals surface area contributed by atoms with E-state index in [4.69, 9.17) is 4.74 Å². The Morgan fingerprint density at radius 2 is 1.85 bits per heavy atom. The Labute approximate surface area is 197 Å². The molecule has 2 amide bonds. The Morgan fingerprint density at radius 1 is 1.15 bits per heavy atom. The van der Waals surface area contributed by atoms with Crippen LogP contribution in [0.3, 0.4) is 0 Å². The van der Waals surface area contributed by atoms with E-state index in [-0.39, 0.29) is 12.6 Å². The normalized spacial score (nSPS) is 19.2. The highest BCUT2D eigenvalue weighted by atomic mass is 32.2. The molecule has 10 heteroatoms. The van der Waals surface area contributed by atoms with E-state index in [1.54, 1.807) is 37.1 Å². The molecule has 2 aliphatic heterocycles. The van der Waals surface area contributed by atoms with Gasteiger partial charge >= 0.3 is 12.0 Å². The zero-order valence-corrected chi connectivity index (χ0v) is 19.6. The summed E-state index contributed by atoms with van der Waals surface area (Å²) >= 11 is 1.64. The van der Waals surface area contributed by atoms with Crippen LogP contribution in [0.15, 0.2) is 58.9 Å². The predicted molar refractivity (Wildman–Crippen MR) is 127 cm³/mol. The van der Waals surface area contributed by atoms with E-state index in [0.29, 0.717) is 23.8 Å². The molecule has 9 nitrogen and oxygen atoms in total. The molecule has 1 unspecified atom stereocenters. The molecule has 1 atom stereocenters. The van der Waals surface area contributed by atoms with Gasteiger partial charge in [0.05, 0.1) is 18.2 Å². The van der Waals surface area contributed by atoms with Crippen molar-refractivity contribution in [2.24, 2.45) is 0 Å². The molecule has 1 saturated heterocycles. The van der Waals surface area contributed by atoms with Crippen molar-refractivity contribution in [3.8, 4) is 0 Å². The lowest BCUT2D eigenvalue weighted by molar-refractivity contribution is -0.139. The van der Waals surface area contributed by atoms with Crippen LogP contribution >= 0.6 is 11.8 Å². The number of nitrogens with one attached hydrogen (secondary N) is 2. The number of esters is 1. The number of aromatic nitrogens is 2. The standard InChI is InChI=1S/C23H28N6O3S/c1-3-32-21(30)19-18(15-28-11-13-29(14-12-28)22-24-9-4-10-25-22)26-23(31)27-20(19)16-5-7-17(33-2)8-6-16/h4-10,20H,3,11-15H2,1-2H3,(H2,26,27,31). The van der Waals surface area contributed by atoms with Gasteiger partial charge in [0.15, 0.2) is 0 Å². The van der Waals surface area contributed by atoms with Gasteiger partial charge in [0, 0.05) is 55.7 Å². The number of nitrogens with zero attached hydrogens (tertiary/aromatic N) is 4. The van der Waals surface area contributed by atoms with E-state index in [9.17, 15) is 9.59 Å².